The topological polar surface area (TPSA) is 268 Å². The Bertz CT molecular complexity index is 1910. The number of imidazole rings is 1. The lowest BCUT2D eigenvalue weighted by molar-refractivity contribution is -0.134. The first kappa shape index (κ1) is 39.2. The minimum absolute atomic E-state index is 0.0489. The predicted molar refractivity (Wildman–Crippen MR) is 197 cm³/mol. The summed E-state index contributed by atoms with van der Waals surface area (Å²) in [5.41, 5.74) is 19.4. The zero-order valence-electron chi connectivity index (χ0n) is 28.2. The molecule has 4 rings (SSSR count). The number of amides is 5. The van der Waals surface area contributed by atoms with Crippen LogP contribution in [-0.2, 0) is 43.2 Å². The number of benzene rings is 2. The van der Waals surface area contributed by atoms with Crippen molar-refractivity contribution in [2.75, 3.05) is 6.54 Å². The van der Waals surface area contributed by atoms with Gasteiger partial charge in [0.15, 0.2) is 5.96 Å². The number of hydrogen-bond acceptors (Lipinski definition) is 7. The Morgan fingerprint density at radius 3 is 2.13 bits per heavy atom. The lowest BCUT2D eigenvalue weighted by Gasteiger charge is -2.26. The number of nitrogens with one attached hydrogen (secondary N) is 6. The predicted octanol–water partition coefficient (Wildman–Crippen LogP) is 0.724. The molecule has 2 aromatic carbocycles. The number of halogens is 2. The average molecular weight is 755 g/mol. The van der Waals surface area contributed by atoms with E-state index in [1.54, 1.807) is 24.4 Å². The molecule has 2 aromatic heterocycles. The number of carbonyl (C=O) groups excluding carboxylic acids is 5. The maximum atomic E-state index is 14.0. The van der Waals surface area contributed by atoms with E-state index >= 15 is 0 Å². The summed E-state index contributed by atoms with van der Waals surface area (Å²) in [6.45, 7) is 1.41. The van der Waals surface area contributed by atoms with E-state index in [4.69, 9.17) is 40.4 Å². The molecule has 0 aliphatic rings. The van der Waals surface area contributed by atoms with Crippen molar-refractivity contribution < 1.29 is 24.0 Å². The second-order valence-electron chi connectivity index (χ2n) is 12.1. The molecule has 0 spiro atoms. The Balaban J connectivity index is 1.58. The van der Waals surface area contributed by atoms with Crippen molar-refractivity contribution in [1.29, 1.82) is 0 Å². The van der Waals surface area contributed by atoms with Crippen molar-refractivity contribution in [1.82, 2.24) is 36.2 Å². The van der Waals surface area contributed by atoms with Gasteiger partial charge in [-0.05, 0) is 42.2 Å². The van der Waals surface area contributed by atoms with E-state index in [0.717, 1.165) is 16.5 Å². The second-order valence-corrected chi connectivity index (χ2v) is 12.9. The summed E-state index contributed by atoms with van der Waals surface area (Å²) in [5, 5.41) is 12.1. The van der Waals surface area contributed by atoms with Crippen LogP contribution >= 0.6 is 23.2 Å². The molecule has 12 N–H and O–H groups in total. The molecule has 0 aliphatic heterocycles. The Labute approximate surface area is 309 Å². The normalized spacial score (nSPS) is 13.3. The number of para-hydroxylation sites is 1. The molecule has 276 valence electrons. The minimum Gasteiger partial charge on any atom is -0.370 e. The molecule has 0 unspecified atom stereocenters. The molecule has 52 heavy (non-hydrogen) atoms. The van der Waals surface area contributed by atoms with Crippen LogP contribution in [0.1, 0.15) is 36.6 Å². The molecule has 5 amide bonds. The number of nitrogens with zero attached hydrogens (tertiary/aromatic N) is 2. The number of aromatic amines is 2. The summed E-state index contributed by atoms with van der Waals surface area (Å²) in [6, 6.07) is 7.51. The molecule has 0 bridgehead atoms. The Hall–Kier alpha value is -5.61. The summed E-state index contributed by atoms with van der Waals surface area (Å²) in [6.07, 6.45) is 5.04. The van der Waals surface area contributed by atoms with Crippen LogP contribution in [0.3, 0.4) is 0 Å². The van der Waals surface area contributed by atoms with Gasteiger partial charge in [0.05, 0.1) is 16.4 Å². The highest BCUT2D eigenvalue weighted by molar-refractivity contribution is 6.42. The van der Waals surface area contributed by atoms with Crippen molar-refractivity contribution in [3.63, 3.8) is 0 Å². The first-order chi connectivity index (χ1) is 24.8. The maximum Gasteiger partial charge on any atom is 0.243 e. The molecule has 0 fully saturated rings. The largest absolute Gasteiger partial charge is 0.370 e. The first-order valence-corrected chi connectivity index (χ1v) is 17.0. The molecule has 16 nitrogen and oxygen atoms in total. The van der Waals surface area contributed by atoms with E-state index in [2.05, 4.69) is 41.2 Å². The molecular weight excluding hydrogens is 713 g/mol. The fourth-order valence-electron chi connectivity index (χ4n) is 5.51. The van der Waals surface area contributed by atoms with Crippen LogP contribution in [0.5, 0.6) is 0 Å². The summed E-state index contributed by atoms with van der Waals surface area (Å²) in [5.74, 6) is -3.51. The van der Waals surface area contributed by atoms with Gasteiger partial charge in [-0.15, -0.1) is 0 Å². The van der Waals surface area contributed by atoms with Crippen molar-refractivity contribution in [2.24, 2.45) is 22.2 Å². The van der Waals surface area contributed by atoms with Gasteiger partial charge in [0.2, 0.25) is 29.5 Å². The second kappa shape index (κ2) is 18.6. The average Bonchev–Trinajstić information content (AvgIpc) is 3.76. The Kier molecular flexibility index (Phi) is 14.0. The fourth-order valence-corrected chi connectivity index (χ4v) is 5.84. The molecule has 4 aromatic rings. The van der Waals surface area contributed by atoms with Gasteiger partial charge in [-0.3, -0.25) is 29.0 Å². The minimum atomic E-state index is -1.27. The van der Waals surface area contributed by atoms with E-state index in [0.29, 0.717) is 11.3 Å². The summed E-state index contributed by atoms with van der Waals surface area (Å²) < 4.78 is 0. The number of guanidine groups is 1. The SMILES string of the molecule is CC(=O)N[C@@H](Cc1cnc[nH]1)C(=O)N[C@H](Cc1ccc(Cl)c(Cl)c1)C(=O)N[C@@H](CCCN=C(N)N)C(=O)N[C@@H](Cc1c[nH]c2ccccc12)C(N)=O. The third-order valence-corrected chi connectivity index (χ3v) is 8.81. The highest BCUT2D eigenvalue weighted by Crippen LogP contribution is 2.23. The van der Waals surface area contributed by atoms with Crippen molar-refractivity contribution >= 4 is 69.6 Å². The third-order valence-electron chi connectivity index (χ3n) is 8.07. The lowest BCUT2D eigenvalue weighted by Crippen LogP contribution is -2.59. The van der Waals surface area contributed by atoms with Crippen molar-refractivity contribution in [2.45, 2.75) is 63.2 Å². The number of fused-ring (bicyclic) bond motifs is 1. The molecule has 0 radical (unpaired) electrons. The number of primary amides is 1. The quantitative estimate of drug-likeness (QED) is 0.0396. The van der Waals surface area contributed by atoms with Crippen LogP contribution < -0.4 is 38.5 Å². The number of nitrogens with two attached hydrogens (primary N) is 3. The van der Waals surface area contributed by atoms with Gasteiger partial charge in [0.1, 0.15) is 24.2 Å². The highest BCUT2D eigenvalue weighted by atomic mass is 35.5. The van der Waals surface area contributed by atoms with Crippen molar-refractivity contribution in [3.8, 4) is 0 Å². The van der Waals surface area contributed by atoms with Crippen LogP contribution in [0.2, 0.25) is 10.0 Å². The fraction of sp³-hybridized carbons (Fsp3) is 0.324. The van der Waals surface area contributed by atoms with Crippen LogP contribution in [0.15, 0.2) is 66.2 Å². The van der Waals surface area contributed by atoms with E-state index in [1.165, 1.54) is 19.4 Å². The summed E-state index contributed by atoms with van der Waals surface area (Å²) in [4.78, 5) is 80.0. The zero-order valence-corrected chi connectivity index (χ0v) is 29.8. The third kappa shape index (κ3) is 11.5. The van der Waals surface area contributed by atoms with Gasteiger partial charge in [0.25, 0.3) is 0 Å². The van der Waals surface area contributed by atoms with Crippen LogP contribution in [-0.4, -0.2) is 81.2 Å². The number of carbonyl (C=O) groups is 5. The van der Waals surface area contributed by atoms with Gasteiger partial charge < -0.3 is 48.4 Å². The van der Waals surface area contributed by atoms with Crippen molar-refractivity contribution in [3.05, 3.63) is 88.1 Å². The number of rotatable bonds is 18. The first-order valence-electron chi connectivity index (χ1n) is 16.3. The number of aromatic nitrogens is 3. The van der Waals surface area contributed by atoms with E-state index in [1.807, 2.05) is 24.3 Å². The monoisotopic (exact) mass is 753 g/mol. The van der Waals surface area contributed by atoms with Gasteiger partial charge in [0, 0.05) is 61.7 Å². The maximum absolute atomic E-state index is 14.0. The van der Waals surface area contributed by atoms with Crippen LogP contribution in [0.25, 0.3) is 10.9 Å². The number of aliphatic imine (C=N–C) groups is 1. The van der Waals surface area contributed by atoms with Crippen LogP contribution in [0.4, 0.5) is 0 Å². The van der Waals surface area contributed by atoms with Gasteiger partial charge >= 0.3 is 0 Å². The van der Waals surface area contributed by atoms with E-state index in [9.17, 15) is 24.0 Å². The smallest absolute Gasteiger partial charge is 0.243 e. The van der Waals surface area contributed by atoms with E-state index < -0.39 is 53.7 Å². The highest BCUT2D eigenvalue weighted by Gasteiger charge is 2.31. The number of H-pyrrole nitrogens is 2. The standard InChI is InChI=1S/C34H41Cl2N11O5/c1-18(48)44-29(14-21-16-40-17-43-21)33(52)47-28(12-19-8-9-23(35)24(36)11-19)32(51)45-26(7-4-10-41-34(38)39)31(50)46-27(30(37)49)13-20-15-42-25-6-3-2-5-22(20)25/h2-3,5-6,8-9,11,15-17,26-29,42H,4,7,10,12-14H2,1H3,(H2,37,49)(H,40,43)(H,44,48)(H,45,51)(H,46,50)(H,47,52)(H4,38,39,41)/t26-,27-,28+,29-/m0/s1. The molecule has 4 atom stereocenters. The van der Waals surface area contributed by atoms with E-state index in [-0.39, 0.29) is 54.7 Å². The summed E-state index contributed by atoms with van der Waals surface area (Å²) in [7, 11) is 0. The lowest BCUT2D eigenvalue weighted by atomic mass is 10.0. The Morgan fingerprint density at radius 2 is 1.48 bits per heavy atom. The molecular formula is C34H41Cl2N11O5. The molecule has 18 heteroatoms. The Morgan fingerprint density at radius 1 is 0.808 bits per heavy atom. The summed E-state index contributed by atoms with van der Waals surface area (Å²) >= 11 is 12.4. The van der Waals surface area contributed by atoms with Gasteiger partial charge in [-0.1, -0.05) is 47.5 Å². The van der Waals surface area contributed by atoms with Gasteiger partial charge in [-0.25, -0.2) is 4.98 Å². The number of hydrogen-bond donors (Lipinski definition) is 9. The molecule has 0 aliphatic carbocycles. The van der Waals surface area contributed by atoms with Gasteiger partial charge in [-0.2, -0.15) is 0 Å². The molecule has 0 saturated carbocycles. The van der Waals surface area contributed by atoms with Crippen LogP contribution in [0, 0.1) is 0 Å². The molecule has 0 saturated heterocycles. The zero-order chi connectivity index (χ0) is 37.8. The molecule has 2 heterocycles.